The average molecular weight is 379 g/mol. The molecule has 0 saturated carbocycles. The van der Waals surface area contributed by atoms with E-state index < -0.39 is 0 Å². The number of pyridine rings is 1. The summed E-state index contributed by atoms with van der Waals surface area (Å²) in [5.74, 6) is 0.572. The number of nitrogens with one attached hydrogen (secondary N) is 2. The van der Waals surface area contributed by atoms with Crippen LogP contribution in [-0.4, -0.2) is 16.0 Å². The van der Waals surface area contributed by atoms with E-state index in [2.05, 4.69) is 45.9 Å². The molecule has 1 aliphatic rings. The molecule has 2 heterocycles. The Hall–Kier alpha value is -2.73. The Morgan fingerprint density at radius 1 is 1.11 bits per heavy atom. The zero-order chi connectivity index (χ0) is 18.5. The molecule has 4 rings (SSSR count). The van der Waals surface area contributed by atoms with E-state index in [1.807, 2.05) is 12.1 Å². The summed E-state index contributed by atoms with van der Waals surface area (Å²) in [4.78, 5) is 22.1. The van der Waals surface area contributed by atoms with Crippen molar-refractivity contribution in [2.24, 2.45) is 0 Å². The van der Waals surface area contributed by atoms with Crippen LogP contribution < -0.4 is 10.6 Å². The lowest BCUT2D eigenvalue weighted by Gasteiger charge is -2.21. The number of benzene rings is 1. The molecule has 0 bridgehead atoms. The average Bonchev–Trinajstić information content (AvgIpc) is 3.14. The summed E-state index contributed by atoms with van der Waals surface area (Å²) in [5.41, 5.74) is 3.59. The van der Waals surface area contributed by atoms with Gasteiger partial charge in [-0.25, -0.2) is 9.78 Å². The van der Waals surface area contributed by atoms with Crippen LogP contribution >= 0.6 is 11.3 Å². The molecule has 0 saturated heterocycles. The number of hydrogen-bond donors (Lipinski definition) is 2. The maximum Gasteiger partial charge on any atom is 0.315 e. The normalized spacial score (nSPS) is 15.8. The van der Waals surface area contributed by atoms with Crippen LogP contribution in [0.1, 0.15) is 39.0 Å². The molecule has 0 spiro atoms. The number of nitrogens with zero attached hydrogens (tertiary/aromatic N) is 2. The monoisotopic (exact) mass is 378 g/mol. The second kappa shape index (κ2) is 8.31. The van der Waals surface area contributed by atoms with Gasteiger partial charge in [0.15, 0.2) is 0 Å². The number of rotatable bonds is 5. The first-order valence-electron chi connectivity index (χ1n) is 9.21. The zero-order valence-electron chi connectivity index (χ0n) is 15.0. The smallest absolute Gasteiger partial charge is 0.315 e. The molecule has 27 heavy (non-hydrogen) atoms. The van der Waals surface area contributed by atoms with Crippen molar-refractivity contribution < 1.29 is 4.79 Å². The van der Waals surface area contributed by atoms with E-state index in [0.717, 1.165) is 29.8 Å². The highest BCUT2D eigenvalue weighted by atomic mass is 32.1. The Bertz CT molecular complexity index is 895. The van der Waals surface area contributed by atoms with E-state index in [1.165, 1.54) is 16.1 Å². The summed E-state index contributed by atoms with van der Waals surface area (Å²) in [7, 11) is 0. The van der Waals surface area contributed by atoms with Gasteiger partial charge in [-0.05, 0) is 42.4 Å². The number of hydrogen-bond acceptors (Lipinski definition) is 4. The highest BCUT2D eigenvalue weighted by Gasteiger charge is 2.23. The standard InChI is InChI=1S/C21H22N4OS/c26-21(23-13-15-5-4-10-22-12-15)24-14-20-25-18-9-8-17(11-19(18)27-20)16-6-2-1-3-7-16/h1-7,10,12,17H,8-9,11,13-14H2,(H2,23,24,26). The SMILES string of the molecule is O=C(NCc1cccnc1)NCc1nc2c(s1)CC(c1ccccc1)CC2. The molecular formula is C21H22N4OS. The minimum absolute atomic E-state index is 0.186. The molecule has 5 nitrogen and oxygen atoms in total. The highest BCUT2D eigenvalue weighted by molar-refractivity contribution is 7.11. The van der Waals surface area contributed by atoms with Gasteiger partial charge in [-0.1, -0.05) is 36.4 Å². The summed E-state index contributed by atoms with van der Waals surface area (Å²) >= 11 is 1.73. The van der Waals surface area contributed by atoms with Crippen molar-refractivity contribution in [3.63, 3.8) is 0 Å². The number of amides is 2. The van der Waals surface area contributed by atoms with Crippen LogP contribution in [-0.2, 0) is 25.9 Å². The summed E-state index contributed by atoms with van der Waals surface area (Å²) in [6.45, 7) is 0.930. The quantitative estimate of drug-likeness (QED) is 0.709. The van der Waals surface area contributed by atoms with E-state index >= 15 is 0 Å². The van der Waals surface area contributed by atoms with Crippen LogP contribution in [0, 0.1) is 0 Å². The predicted molar refractivity (Wildman–Crippen MR) is 107 cm³/mol. The van der Waals surface area contributed by atoms with Crippen molar-refractivity contribution in [3.8, 4) is 0 Å². The van der Waals surface area contributed by atoms with Gasteiger partial charge in [0.25, 0.3) is 0 Å². The van der Waals surface area contributed by atoms with E-state index in [-0.39, 0.29) is 6.03 Å². The molecule has 3 aromatic rings. The summed E-state index contributed by atoms with van der Waals surface area (Å²) in [5, 5.41) is 6.72. The molecule has 0 fully saturated rings. The maximum absolute atomic E-state index is 12.0. The van der Waals surface area contributed by atoms with Crippen LogP contribution in [0.2, 0.25) is 0 Å². The maximum atomic E-state index is 12.0. The molecule has 1 atom stereocenters. The van der Waals surface area contributed by atoms with Crippen molar-refractivity contribution in [2.45, 2.75) is 38.3 Å². The molecule has 2 amide bonds. The number of aromatic nitrogens is 2. The van der Waals surface area contributed by atoms with Crippen LogP contribution in [0.5, 0.6) is 0 Å². The number of carbonyl (C=O) groups excluding carboxylic acids is 1. The number of aryl methyl sites for hydroxylation is 1. The third-order valence-electron chi connectivity index (χ3n) is 4.83. The van der Waals surface area contributed by atoms with Crippen molar-refractivity contribution in [1.29, 1.82) is 0 Å². The lowest BCUT2D eigenvalue weighted by molar-refractivity contribution is 0.240. The van der Waals surface area contributed by atoms with Crippen molar-refractivity contribution in [3.05, 3.63) is 81.6 Å². The fraction of sp³-hybridized carbons (Fsp3) is 0.286. The van der Waals surface area contributed by atoms with Gasteiger partial charge in [-0.3, -0.25) is 4.98 Å². The van der Waals surface area contributed by atoms with Crippen molar-refractivity contribution in [1.82, 2.24) is 20.6 Å². The van der Waals surface area contributed by atoms with Crippen LogP contribution in [0.25, 0.3) is 0 Å². The van der Waals surface area contributed by atoms with Gasteiger partial charge in [0.05, 0.1) is 12.2 Å². The van der Waals surface area contributed by atoms with E-state index in [4.69, 9.17) is 4.98 Å². The van der Waals surface area contributed by atoms with Gasteiger partial charge < -0.3 is 10.6 Å². The van der Waals surface area contributed by atoms with E-state index in [9.17, 15) is 4.79 Å². The Labute approximate surface area is 162 Å². The molecule has 138 valence electrons. The highest BCUT2D eigenvalue weighted by Crippen LogP contribution is 2.35. The third kappa shape index (κ3) is 4.52. The van der Waals surface area contributed by atoms with Crippen molar-refractivity contribution >= 4 is 17.4 Å². The van der Waals surface area contributed by atoms with Crippen LogP contribution in [0.3, 0.4) is 0 Å². The van der Waals surface area contributed by atoms with Gasteiger partial charge in [0.2, 0.25) is 0 Å². The molecule has 1 unspecified atom stereocenters. The predicted octanol–water partition coefficient (Wildman–Crippen LogP) is 3.81. The summed E-state index contributed by atoms with van der Waals surface area (Å²) in [6.07, 6.45) is 6.66. The minimum atomic E-state index is -0.186. The Balaban J connectivity index is 1.30. The third-order valence-corrected chi connectivity index (χ3v) is 5.95. The number of thiazole rings is 1. The van der Waals surface area contributed by atoms with Gasteiger partial charge in [-0.2, -0.15) is 0 Å². The number of carbonyl (C=O) groups is 1. The van der Waals surface area contributed by atoms with Gasteiger partial charge in [0, 0.05) is 23.8 Å². The molecule has 2 aromatic heterocycles. The van der Waals surface area contributed by atoms with Crippen LogP contribution in [0.4, 0.5) is 4.79 Å². The second-order valence-corrected chi connectivity index (χ2v) is 7.89. The first-order chi connectivity index (χ1) is 13.3. The molecule has 1 aromatic carbocycles. The summed E-state index contributed by atoms with van der Waals surface area (Å²) in [6, 6.07) is 14.3. The number of urea groups is 1. The minimum Gasteiger partial charge on any atom is -0.334 e. The lowest BCUT2D eigenvalue weighted by Crippen LogP contribution is -2.34. The largest absolute Gasteiger partial charge is 0.334 e. The molecule has 0 aliphatic heterocycles. The first kappa shape index (κ1) is 17.7. The van der Waals surface area contributed by atoms with E-state index in [0.29, 0.717) is 19.0 Å². The lowest BCUT2D eigenvalue weighted by atomic mass is 9.85. The van der Waals surface area contributed by atoms with Gasteiger partial charge in [0.1, 0.15) is 5.01 Å². The molecule has 6 heteroatoms. The van der Waals surface area contributed by atoms with Gasteiger partial charge >= 0.3 is 6.03 Å². The molecule has 2 N–H and O–H groups in total. The second-order valence-electron chi connectivity index (χ2n) is 6.73. The Morgan fingerprint density at radius 2 is 1.96 bits per heavy atom. The van der Waals surface area contributed by atoms with Crippen LogP contribution in [0.15, 0.2) is 54.9 Å². The molecule has 1 aliphatic carbocycles. The van der Waals surface area contributed by atoms with Crippen molar-refractivity contribution in [2.75, 3.05) is 0 Å². The van der Waals surface area contributed by atoms with E-state index in [1.54, 1.807) is 23.7 Å². The Kier molecular flexibility index (Phi) is 5.44. The Morgan fingerprint density at radius 3 is 2.78 bits per heavy atom. The van der Waals surface area contributed by atoms with Gasteiger partial charge in [-0.15, -0.1) is 11.3 Å². The number of fused-ring (bicyclic) bond motifs is 1. The fourth-order valence-corrected chi connectivity index (χ4v) is 4.55. The molecule has 0 radical (unpaired) electrons. The fourth-order valence-electron chi connectivity index (χ4n) is 3.42. The molecular weight excluding hydrogens is 356 g/mol. The summed E-state index contributed by atoms with van der Waals surface area (Å²) < 4.78 is 0. The topological polar surface area (TPSA) is 66.9 Å². The zero-order valence-corrected chi connectivity index (χ0v) is 15.8. The first-order valence-corrected chi connectivity index (χ1v) is 10.0.